The molecule has 1 heterocycles. The molecular formula is C13H18N2O4. The predicted octanol–water partition coefficient (Wildman–Crippen LogP) is 0.429. The first kappa shape index (κ1) is 13.6. The van der Waals surface area contributed by atoms with Crippen LogP contribution in [0.3, 0.4) is 0 Å². The van der Waals surface area contributed by atoms with Crippen molar-refractivity contribution in [3.8, 4) is 0 Å². The Morgan fingerprint density at radius 2 is 2.26 bits per heavy atom. The number of furan rings is 1. The van der Waals surface area contributed by atoms with Gasteiger partial charge in [-0.15, -0.1) is 0 Å². The van der Waals surface area contributed by atoms with Gasteiger partial charge in [0.05, 0.1) is 11.9 Å². The molecule has 1 saturated carbocycles. The summed E-state index contributed by atoms with van der Waals surface area (Å²) in [5.41, 5.74) is -0.763. The number of carbonyl (C=O) groups is 2. The van der Waals surface area contributed by atoms with Crippen molar-refractivity contribution < 1.29 is 19.1 Å². The Labute approximate surface area is 111 Å². The molecule has 3 N–H and O–H groups in total. The standard InChI is InChI=1S/C13H18N2O4/c1-9(15-12(17)10-4-2-7-19-10)11(16)14-8-13(18)5-3-6-13/h2,4,7,9,18H,3,5-6,8H2,1H3,(H,14,16)(H,15,17). The molecule has 104 valence electrons. The highest BCUT2D eigenvalue weighted by Gasteiger charge is 2.34. The second-order valence-corrected chi connectivity index (χ2v) is 4.97. The van der Waals surface area contributed by atoms with Crippen LogP contribution < -0.4 is 10.6 Å². The van der Waals surface area contributed by atoms with Crippen LogP contribution in [0.25, 0.3) is 0 Å². The zero-order valence-electron chi connectivity index (χ0n) is 10.8. The van der Waals surface area contributed by atoms with E-state index in [0.717, 1.165) is 6.42 Å². The van der Waals surface area contributed by atoms with Gasteiger partial charge in [0.2, 0.25) is 5.91 Å². The average Bonchev–Trinajstić information content (AvgIpc) is 2.87. The van der Waals surface area contributed by atoms with Crippen molar-refractivity contribution in [3.63, 3.8) is 0 Å². The van der Waals surface area contributed by atoms with Crippen LogP contribution in [-0.4, -0.2) is 35.1 Å². The van der Waals surface area contributed by atoms with Gasteiger partial charge in [-0.2, -0.15) is 0 Å². The number of nitrogens with one attached hydrogen (secondary N) is 2. The second-order valence-electron chi connectivity index (χ2n) is 4.97. The van der Waals surface area contributed by atoms with Gasteiger partial charge >= 0.3 is 0 Å². The number of rotatable bonds is 5. The first-order valence-corrected chi connectivity index (χ1v) is 6.35. The third-order valence-electron chi connectivity index (χ3n) is 3.36. The van der Waals surface area contributed by atoms with Gasteiger partial charge in [0.1, 0.15) is 6.04 Å². The van der Waals surface area contributed by atoms with Crippen molar-refractivity contribution in [2.45, 2.75) is 37.8 Å². The van der Waals surface area contributed by atoms with Crippen LogP contribution in [0.15, 0.2) is 22.8 Å². The predicted molar refractivity (Wildman–Crippen MR) is 67.4 cm³/mol. The van der Waals surface area contributed by atoms with Crippen LogP contribution in [0.1, 0.15) is 36.7 Å². The Hall–Kier alpha value is -1.82. The highest BCUT2D eigenvalue weighted by molar-refractivity contribution is 5.95. The summed E-state index contributed by atoms with van der Waals surface area (Å²) in [7, 11) is 0. The molecular weight excluding hydrogens is 248 g/mol. The van der Waals surface area contributed by atoms with Crippen LogP contribution in [0.5, 0.6) is 0 Å². The minimum atomic E-state index is -0.763. The highest BCUT2D eigenvalue weighted by Crippen LogP contribution is 2.30. The van der Waals surface area contributed by atoms with Crippen molar-refractivity contribution in [1.29, 1.82) is 0 Å². The topological polar surface area (TPSA) is 91.6 Å². The molecule has 0 aromatic carbocycles. The van der Waals surface area contributed by atoms with Crippen LogP contribution >= 0.6 is 0 Å². The van der Waals surface area contributed by atoms with E-state index < -0.39 is 17.6 Å². The van der Waals surface area contributed by atoms with E-state index in [2.05, 4.69) is 10.6 Å². The fourth-order valence-electron chi connectivity index (χ4n) is 1.91. The van der Waals surface area contributed by atoms with Crippen molar-refractivity contribution >= 4 is 11.8 Å². The Bertz CT molecular complexity index is 451. The Kier molecular flexibility index (Phi) is 3.90. The smallest absolute Gasteiger partial charge is 0.287 e. The molecule has 1 fully saturated rings. The average molecular weight is 266 g/mol. The van der Waals surface area contributed by atoms with Crippen LogP contribution in [-0.2, 0) is 4.79 Å². The van der Waals surface area contributed by atoms with E-state index >= 15 is 0 Å². The molecule has 1 aliphatic carbocycles. The summed E-state index contributed by atoms with van der Waals surface area (Å²) in [5, 5.41) is 15.0. The van der Waals surface area contributed by atoms with Gasteiger partial charge in [0, 0.05) is 6.54 Å². The zero-order valence-corrected chi connectivity index (χ0v) is 10.8. The third kappa shape index (κ3) is 3.35. The number of amides is 2. The maximum absolute atomic E-state index is 11.8. The van der Waals surface area contributed by atoms with Crippen LogP contribution in [0.4, 0.5) is 0 Å². The lowest BCUT2D eigenvalue weighted by Crippen LogP contribution is -2.52. The molecule has 1 aromatic heterocycles. The number of aliphatic hydroxyl groups is 1. The molecule has 6 nitrogen and oxygen atoms in total. The monoisotopic (exact) mass is 266 g/mol. The molecule has 2 amide bonds. The molecule has 0 spiro atoms. The molecule has 0 saturated heterocycles. The Morgan fingerprint density at radius 1 is 1.53 bits per heavy atom. The van der Waals surface area contributed by atoms with E-state index in [9.17, 15) is 14.7 Å². The summed E-state index contributed by atoms with van der Waals surface area (Å²) in [6.07, 6.45) is 3.80. The largest absolute Gasteiger partial charge is 0.459 e. The molecule has 2 rings (SSSR count). The van der Waals surface area contributed by atoms with Gasteiger partial charge in [0.15, 0.2) is 5.76 Å². The fourth-order valence-corrected chi connectivity index (χ4v) is 1.91. The van der Waals surface area contributed by atoms with Gasteiger partial charge < -0.3 is 20.2 Å². The van der Waals surface area contributed by atoms with E-state index in [4.69, 9.17) is 4.42 Å². The maximum Gasteiger partial charge on any atom is 0.287 e. The van der Waals surface area contributed by atoms with Gasteiger partial charge in [0.25, 0.3) is 5.91 Å². The van der Waals surface area contributed by atoms with E-state index in [0.29, 0.717) is 12.8 Å². The molecule has 0 aliphatic heterocycles. The van der Waals surface area contributed by atoms with E-state index in [1.165, 1.54) is 12.3 Å². The lowest BCUT2D eigenvalue weighted by atomic mass is 9.80. The fraction of sp³-hybridized carbons (Fsp3) is 0.538. The number of carbonyl (C=O) groups excluding carboxylic acids is 2. The molecule has 0 bridgehead atoms. The first-order valence-electron chi connectivity index (χ1n) is 6.35. The molecule has 6 heteroatoms. The quantitative estimate of drug-likeness (QED) is 0.720. The Balaban J connectivity index is 1.77. The highest BCUT2D eigenvalue weighted by atomic mass is 16.3. The zero-order chi connectivity index (χ0) is 13.9. The van der Waals surface area contributed by atoms with Crippen molar-refractivity contribution in [2.75, 3.05) is 6.54 Å². The molecule has 1 atom stereocenters. The van der Waals surface area contributed by atoms with Crippen LogP contribution in [0, 0.1) is 0 Å². The molecule has 1 aliphatic rings. The first-order chi connectivity index (χ1) is 9.00. The summed E-state index contributed by atoms with van der Waals surface area (Å²) in [5.74, 6) is -0.590. The third-order valence-corrected chi connectivity index (χ3v) is 3.36. The van der Waals surface area contributed by atoms with Crippen molar-refractivity contribution in [3.05, 3.63) is 24.2 Å². The minimum absolute atomic E-state index is 0.164. The summed E-state index contributed by atoms with van der Waals surface area (Å²) in [4.78, 5) is 23.4. The van der Waals surface area contributed by atoms with Crippen molar-refractivity contribution in [2.24, 2.45) is 0 Å². The lowest BCUT2D eigenvalue weighted by Gasteiger charge is -2.36. The summed E-state index contributed by atoms with van der Waals surface area (Å²) in [6, 6.07) is 2.45. The minimum Gasteiger partial charge on any atom is -0.459 e. The normalized spacial score (nSPS) is 18.2. The van der Waals surface area contributed by atoms with Gasteiger partial charge in [-0.3, -0.25) is 9.59 Å². The number of hydrogen-bond acceptors (Lipinski definition) is 4. The maximum atomic E-state index is 11.8. The van der Waals surface area contributed by atoms with Gasteiger partial charge in [-0.25, -0.2) is 0 Å². The summed E-state index contributed by atoms with van der Waals surface area (Å²) < 4.78 is 4.93. The van der Waals surface area contributed by atoms with E-state index in [1.807, 2.05) is 0 Å². The van der Waals surface area contributed by atoms with Crippen LogP contribution in [0.2, 0.25) is 0 Å². The summed E-state index contributed by atoms with van der Waals surface area (Å²) in [6.45, 7) is 1.81. The Morgan fingerprint density at radius 3 is 2.79 bits per heavy atom. The second kappa shape index (κ2) is 5.44. The molecule has 1 unspecified atom stereocenters. The lowest BCUT2D eigenvalue weighted by molar-refractivity contribution is -0.125. The van der Waals surface area contributed by atoms with Crippen molar-refractivity contribution in [1.82, 2.24) is 10.6 Å². The van der Waals surface area contributed by atoms with Gasteiger partial charge in [-0.1, -0.05) is 0 Å². The van der Waals surface area contributed by atoms with E-state index in [1.54, 1.807) is 13.0 Å². The number of hydrogen-bond donors (Lipinski definition) is 3. The molecule has 0 radical (unpaired) electrons. The molecule has 19 heavy (non-hydrogen) atoms. The summed E-state index contributed by atoms with van der Waals surface area (Å²) >= 11 is 0. The van der Waals surface area contributed by atoms with E-state index in [-0.39, 0.29) is 18.2 Å². The SMILES string of the molecule is CC(NC(=O)c1ccco1)C(=O)NCC1(O)CCC1. The van der Waals surface area contributed by atoms with Gasteiger partial charge in [-0.05, 0) is 38.3 Å². The molecule has 1 aromatic rings.